The van der Waals surface area contributed by atoms with Crippen LogP contribution in [0.5, 0.6) is 0 Å². The second-order valence-electron chi connectivity index (χ2n) is 4.92. The first-order valence-electron chi connectivity index (χ1n) is 6.63. The summed E-state index contributed by atoms with van der Waals surface area (Å²) in [5.74, 6) is 0. The number of hydrogen-bond acceptors (Lipinski definition) is 3. The molecule has 0 aliphatic carbocycles. The summed E-state index contributed by atoms with van der Waals surface area (Å²) in [6.45, 7) is 3.71. The Morgan fingerprint density at radius 3 is 2.29 bits per heavy atom. The Balaban J connectivity index is 2.06. The molecule has 0 bridgehead atoms. The largest absolute Gasteiger partial charge is 0.276 e. The smallest absolute Gasteiger partial charge is 0.200 e. The van der Waals surface area contributed by atoms with Crippen LogP contribution < -0.4 is 4.83 Å². The van der Waals surface area contributed by atoms with Crippen LogP contribution >= 0.6 is 0 Å². The van der Waals surface area contributed by atoms with Crippen LogP contribution in [0, 0.1) is 6.92 Å². The van der Waals surface area contributed by atoms with Crippen molar-refractivity contribution in [1.82, 2.24) is 4.83 Å². The normalized spacial score (nSPS) is 12.2. The van der Waals surface area contributed by atoms with E-state index in [9.17, 15) is 8.42 Å². The zero-order valence-corrected chi connectivity index (χ0v) is 12.9. The molecule has 0 aromatic heterocycles. The van der Waals surface area contributed by atoms with Gasteiger partial charge in [0.15, 0.2) is 0 Å². The fourth-order valence-corrected chi connectivity index (χ4v) is 2.71. The Morgan fingerprint density at radius 2 is 1.67 bits per heavy atom. The van der Waals surface area contributed by atoms with E-state index in [-0.39, 0.29) is 4.90 Å². The zero-order chi connectivity index (χ0) is 15.3. The van der Waals surface area contributed by atoms with Crippen molar-refractivity contribution in [1.29, 1.82) is 0 Å². The van der Waals surface area contributed by atoms with Crippen LogP contribution in [0.3, 0.4) is 0 Å². The molecule has 21 heavy (non-hydrogen) atoms. The number of sulfonamides is 1. The average Bonchev–Trinajstić information content (AvgIpc) is 2.47. The third-order valence-corrected chi connectivity index (χ3v) is 4.22. The third-order valence-electron chi connectivity index (χ3n) is 2.99. The first-order chi connectivity index (χ1) is 9.97. The maximum Gasteiger partial charge on any atom is 0.276 e. The van der Waals surface area contributed by atoms with Gasteiger partial charge in [-0.25, -0.2) is 4.83 Å². The lowest BCUT2D eigenvalue weighted by molar-refractivity contribution is 0.584. The summed E-state index contributed by atoms with van der Waals surface area (Å²) in [6, 6.07) is 16.4. The second-order valence-corrected chi connectivity index (χ2v) is 6.58. The van der Waals surface area contributed by atoms with Crippen LogP contribution in [0.1, 0.15) is 18.1 Å². The quantitative estimate of drug-likeness (QED) is 0.682. The van der Waals surface area contributed by atoms with Crippen LogP contribution in [-0.4, -0.2) is 14.1 Å². The number of hydrogen-bond donors (Lipinski definition) is 1. The van der Waals surface area contributed by atoms with Crippen molar-refractivity contribution in [2.75, 3.05) is 0 Å². The molecule has 0 heterocycles. The third kappa shape index (κ3) is 4.43. The van der Waals surface area contributed by atoms with Crippen LogP contribution in [0.4, 0.5) is 0 Å². The van der Waals surface area contributed by atoms with E-state index in [1.54, 1.807) is 31.2 Å². The summed E-state index contributed by atoms with van der Waals surface area (Å²) in [5, 5.41) is 3.97. The molecule has 0 saturated carbocycles. The molecule has 0 aliphatic heterocycles. The van der Waals surface area contributed by atoms with Gasteiger partial charge in [0, 0.05) is 12.1 Å². The van der Waals surface area contributed by atoms with Gasteiger partial charge in [-0.15, -0.1) is 0 Å². The molecule has 1 N–H and O–H groups in total. The van der Waals surface area contributed by atoms with Crippen molar-refractivity contribution >= 4 is 15.7 Å². The van der Waals surface area contributed by atoms with E-state index in [0.29, 0.717) is 12.1 Å². The highest BCUT2D eigenvalue weighted by Crippen LogP contribution is 2.10. The molecule has 0 atom stereocenters. The predicted molar refractivity (Wildman–Crippen MR) is 84.8 cm³/mol. The number of aryl methyl sites for hydroxylation is 1. The van der Waals surface area contributed by atoms with Gasteiger partial charge in [-0.3, -0.25) is 0 Å². The van der Waals surface area contributed by atoms with Crippen molar-refractivity contribution in [2.24, 2.45) is 5.10 Å². The highest BCUT2D eigenvalue weighted by atomic mass is 32.2. The lowest BCUT2D eigenvalue weighted by atomic mass is 10.1. The summed E-state index contributed by atoms with van der Waals surface area (Å²) in [4.78, 5) is 2.49. The standard InChI is InChI=1S/C16H18N2O2S/c1-13-8-10-16(11-9-13)21(19,20)18-17-14(2)12-15-6-4-3-5-7-15/h3-11,18H,12H2,1-2H3. The van der Waals surface area contributed by atoms with Crippen molar-refractivity contribution in [3.8, 4) is 0 Å². The maximum atomic E-state index is 12.1. The molecule has 0 amide bonds. The van der Waals surface area contributed by atoms with Crippen molar-refractivity contribution in [3.63, 3.8) is 0 Å². The topological polar surface area (TPSA) is 58.5 Å². The van der Waals surface area contributed by atoms with Gasteiger partial charge in [0.25, 0.3) is 10.0 Å². The fourth-order valence-electron chi connectivity index (χ4n) is 1.84. The molecular weight excluding hydrogens is 284 g/mol. The highest BCUT2D eigenvalue weighted by molar-refractivity contribution is 7.89. The maximum absolute atomic E-state index is 12.1. The summed E-state index contributed by atoms with van der Waals surface area (Å²) in [7, 11) is -3.60. The van der Waals surface area contributed by atoms with Crippen molar-refractivity contribution in [3.05, 3.63) is 65.7 Å². The Labute approximate surface area is 125 Å². The Morgan fingerprint density at radius 1 is 1.05 bits per heavy atom. The van der Waals surface area contributed by atoms with E-state index in [0.717, 1.165) is 11.1 Å². The minimum Gasteiger partial charge on any atom is -0.200 e. The Kier molecular flexibility index (Phi) is 4.75. The molecule has 0 fully saturated rings. The van der Waals surface area contributed by atoms with E-state index in [1.165, 1.54) is 0 Å². The molecular formula is C16H18N2O2S. The molecule has 0 unspecified atom stereocenters. The molecule has 2 aromatic rings. The average molecular weight is 302 g/mol. The number of nitrogens with one attached hydrogen (secondary N) is 1. The monoisotopic (exact) mass is 302 g/mol. The molecule has 4 nitrogen and oxygen atoms in total. The summed E-state index contributed by atoms with van der Waals surface area (Å²) in [5.41, 5.74) is 2.81. The van der Waals surface area contributed by atoms with E-state index in [2.05, 4.69) is 9.93 Å². The van der Waals surface area contributed by atoms with Gasteiger partial charge in [0.2, 0.25) is 0 Å². The number of rotatable bonds is 5. The van der Waals surface area contributed by atoms with Crippen LogP contribution in [0.2, 0.25) is 0 Å². The van der Waals surface area contributed by atoms with E-state index in [1.807, 2.05) is 37.3 Å². The number of nitrogens with zero attached hydrogens (tertiary/aromatic N) is 1. The molecule has 5 heteroatoms. The van der Waals surface area contributed by atoms with Crippen LogP contribution in [0.25, 0.3) is 0 Å². The summed E-state index contributed by atoms with van der Waals surface area (Å²) >= 11 is 0. The molecule has 110 valence electrons. The van der Waals surface area contributed by atoms with Gasteiger partial charge >= 0.3 is 0 Å². The first-order valence-corrected chi connectivity index (χ1v) is 8.11. The highest BCUT2D eigenvalue weighted by Gasteiger charge is 2.12. The van der Waals surface area contributed by atoms with E-state index >= 15 is 0 Å². The van der Waals surface area contributed by atoms with Crippen LogP contribution in [0.15, 0.2) is 64.6 Å². The summed E-state index contributed by atoms with van der Waals surface area (Å²) in [6.07, 6.45) is 0.608. The van der Waals surface area contributed by atoms with Gasteiger partial charge in [-0.05, 0) is 31.5 Å². The van der Waals surface area contributed by atoms with Gasteiger partial charge < -0.3 is 0 Å². The Bertz CT molecular complexity index is 721. The fraction of sp³-hybridized carbons (Fsp3) is 0.188. The predicted octanol–water partition coefficient (Wildman–Crippen LogP) is 2.89. The molecule has 0 saturated heterocycles. The molecule has 0 spiro atoms. The Hall–Kier alpha value is -2.14. The van der Waals surface area contributed by atoms with E-state index in [4.69, 9.17) is 0 Å². The van der Waals surface area contributed by atoms with Crippen molar-refractivity contribution < 1.29 is 8.42 Å². The zero-order valence-electron chi connectivity index (χ0n) is 12.1. The number of benzene rings is 2. The van der Waals surface area contributed by atoms with E-state index < -0.39 is 10.0 Å². The minimum atomic E-state index is -3.60. The molecule has 0 aliphatic rings. The first kappa shape index (κ1) is 15.3. The number of hydrazone groups is 1. The van der Waals surface area contributed by atoms with Crippen molar-refractivity contribution in [2.45, 2.75) is 25.2 Å². The van der Waals surface area contributed by atoms with Gasteiger partial charge in [-0.2, -0.15) is 13.5 Å². The lowest BCUT2D eigenvalue weighted by Gasteiger charge is -2.06. The molecule has 2 aromatic carbocycles. The SMILES string of the molecule is CC(Cc1ccccc1)=NNS(=O)(=O)c1ccc(C)cc1. The summed E-state index contributed by atoms with van der Waals surface area (Å²) < 4.78 is 24.2. The van der Waals surface area contributed by atoms with Crippen LogP contribution in [-0.2, 0) is 16.4 Å². The lowest BCUT2D eigenvalue weighted by Crippen LogP contribution is -2.20. The van der Waals surface area contributed by atoms with Gasteiger partial charge in [0.1, 0.15) is 0 Å². The molecule has 2 rings (SSSR count). The van der Waals surface area contributed by atoms with Gasteiger partial charge in [-0.1, -0.05) is 48.0 Å². The second kappa shape index (κ2) is 6.54. The molecule has 0 radical (unpaired) electrons. The van der Waals surface area contributed by atoms with Gasteiger partial charge in [0.05, 0.1) is 4.90 Å². The minimum absolute atomic E-state index is 0.212.